The van der Waals surface area contributed by atoms with Crippen LogP contribution in [0.25, 0.3) is 0 Å². The fourth-order valence-corrected chi connectivity index (χ4v) is 2.21. The summed E-state index contributed by atoms with van der Waals surface area (Å²) in [6.07, 6.45) is 1.08. The quantitative estimate of drug-likeness (QED) is 0.664. The number of hydrogen-bond acceptors (Lipinski definition) is 5. The largest absolute Gasteiger partial charge is 0.384 e. The van der Waals surface area contributed by atoms with Gasteiger partial charge < -0.3 is 5.73 Å². The van der Waals surface area contributed by atoms with Crippen molar-refractivity contribution in [3.8, 4) is 0 Å². The standard InChI is InChI=1S/C13H17N5O2/c1-3-10-13(18(19)20)11(4-2)17(16-10)8-9-6-5-7-12(14)15-9/h5-7H,3-4,8H2,1-2H3,(H2,14,15). The minimum atomic E-state index is -0.353. The third-order valence-corrected chi connectivity index (χ3v) is 3.09. The van der Waals surface area contributed by atoms with Crippen LogP contribution < -0.4 is 5.73 Å². The van der Waals surface area contributed by atoms with E-state index in [2.05, 4.69) is 10.1 Å². The van der Waals surface area contributed by atoms with Gasteiger partial charge in [0.15, 0.2) is 0 Å². The molecule has 7 heteroatoms. The zero-order chi connectivity index (χ0) is 14.7. The number of hydrogen-bond donors (Lipinski definition) is 1. The molecule has 0 aliphatic rings. The van der Waals surface area contributed by atoms with Gasteiger partial charge in [-0.3, -0.25) is 14.8 Å². The van der Waals surface area contributed by atoms with Gasteiger partial charge in [0.25, 0.3) is 0 Å². The van der Waals surface area contributed by atoms with E-state index in [1.54, 1.807) is 10.7 Å². The van der Waals surface area contributed by atoms with Gasteiger partial charge in [0.2, 0.25) is 0 Å². The maximum Gasteiger partial charge on any atom is 0.313 e. The molecule has 0 fully saturated rings. The van der Waals surface area contributed by atoms with E-state index in [-0.39, 0.29) is 10.6 Å². The van der Waals surface area contributed by atoms with Crippen LogP contribution in [0, 0.1) is 10.1 Å². The lowest BCUT2D eigenvalue weighted by Crippen LogP contribution is -2.08. The van der Waals surface area contributed by atoms with Crippen LogP contribution in [0.4, 0.5) is 11.5 Å². The van der Waals surface area contributed by atoms with Crippen LogP contribution in [0.2, 0.25) is 0 Å². The normalized spacial score (nSPS) is 10.7. The summed E-state index contributed by atoms with van der Waals surface area (Å²) in [7, 11) is 0. The van der Waals surface area contributed by atoms with Gasteiger partial charge >= 0.3 is 5.69 Å². The summed E-state index contributed by atoms with van der Waals surface area (Å²) in [5.74, 6) is 0.429. The van der Waals surface area contributed by atoms with Crippen molar-refractivity contribution in [1.29, 1.82) is 0 Å². The number of aromatic nitrogens is 3. The molecule has 0 saturated carbocycles. The first-order valence-electron chi connectivity index (χ1n) is 6.51. The van der Waals surface area contributed by atoms with Gasteiger partial charge in [-0.05, 0) is 25.0 Å². The summed E-state index contributed by atoms with van der Waals surface area (Å²) in [6, 6.07) is 5.34. The lowest BCUT2D eigenvalue weighted by atomic mass is 10.2. The average Bonchev–Trinajstić information content (AvgIpc) is 2.76. The molecule has 0 unspecified atom stereocenters. The highest BCUT2D eigenvalue weighted by molar-refractivity contribution is 5.41. The Morgan fingerprint density at radius 2 is 2.10 bits per heavy atom. The number of nitro groups is 1. The summed E-state index contributed by atoms with van der Waals surface area (Å²) in [5.41, 5.74) is 7.63. The Balaban J connectivity index is 2.44. The topological polar surface area (TPSA) is 99.9 Å². The zero-order valence-corrected chi connectivity index (χ0v) is 11.5. The Morgan fingerprint density at radius 3 is 2.65 bits per heavy atom. The van der Waals surface area contributed by atoms with Gasteiger partial charge in [-0.1, -0.05) is 19.9 Å². The van der Waals surface area contributed by atoms with E-state index in [1.165, 1.54) is 0 Å². The Hall–Kier alpha value is -2.44. The second-order valence-corrected chi connectivity index (χ2v) is 4.42. The number of anilines is 1. The van der Waals surface area contributed by atoms with E-state index in [0.717, 1.165) is 5.69 Å². The Kier molecular flexibility index (Phi) is 3.97. The molecule has 7 nitrogen and oxygen atoms in total. The molecule has 0 atom stereocenters. The molecule has 0 amide bonds. The van der Waals surface area contributed by atoms with Crippen LogP contribution in [-0.2, 0) is 19.4 Å². The molecule has 0 saturated heterocycles. The second kappa shape index (κ2) is 5.68. The molecule has 0 aliphatic carbocycles. The highest BCUT2D eigenvalue weighted by Crippen LogP contribution is 2.25. The first kappa shape index (κ1) is 14.0. The second-order valence-electron chi connectivity index (χ2n) is 4.42. The third-order valence-electron chi connectivity index (χ3n) is 3.09. The molecule has 2 heterocycles. The number of nitrogen functional groups attached to an aromatic ring is 1. The Morgan fingerprint density at radius 1 is 1.35 bits per heavy atom. The van der Waals surface area contributed by atoms with Crippen LogP contribution in [0.1, 0.15) is 30.9 Å². The van der Waals surface area contributed by atoms with Crippen molar-refractivity contribution in [2.24, 2.45) is 0 Å². The lowest BCUT2D eigenvalue weighted by molar-refractivity contribution is -0.386. The van der Waals surface area contributed by atoms with E-state index in [1.807, 2.05) is 26.0 Å². The van der Waals surface area contributed by atoms with Crippen molar-refractivity contribution < 1.29 is 4.92 Å². The molecule has 2 rings (SSSR count). The minimum Gasteiger partial charge on any atom is -0.384 e. The van der Waals surface area contributed by atoms with E-state index >= 15 is 0 Å². The fraction of sp³-hybridized carbons (Fsp3) is 0.385. The number of pyridine rings is 1. The summed E-state index contributed by atoms with van der Waals surface area (Å²) >= 11 is 0. The van der Waals surface area contributed by atoms with Crippen molar-refractivity contribution in [1.82, 2.24) is 14.8 Å². The number of aryl methyl sites for hydroxylation is 1. The first-order chi connectivity index (χ1) is 9.56. The van der Waals surface area contributed by atoms with E-state index in [9.17, 15) is 10.1 Å². The fourth-order valence-electron chi connectivity index (χ4n) is 2.21. The molecule has 2 aromatic rings. The molecule has 2 N–H and O–H groups in total. The SMILES string of the molecule is CCc1nn(Cc2cccc(N)n2)c(CC)c1[N+](=O)[O-]. The van der Waals surface area contributed by atoms with E-state index in [0.29, 0.717) is 36.6 Å². The molecule has 0 aliphatic heterocycles. The van der Waals surface area contributed by atoms with Crippen molar-refractivity contribution in [2.75, 3.05) is 5.73 Å². The first-order valence-corrected chi connectivity index (χ1v) is 6.51. The van der Waals surface area contributed by atoms with Crippen LogP contribution in [-0.4, -0.2) is 19.7 Å². The molecule has 2 aromatic heterocycles. The minimum absolute atomic E-state index is 0.124. The monoisotopic (exact) mass is 275 g/mol. The molecule has 0 radical (unpaired) electrons. The number of nitrogens with zero attached hydrogens (tertiary/aromatic N) is 4. The summed E-state index contributed by atoms with van der Waals surface area (Å²) < 4.78 is 1.65. The molecular formula is C13H17N5O2. The predicted octanol–water partition coefficient (Wildman–Crippen LogP) is 1.94. The summed E-state index contributed by atoms with van der Waals surface area (Å²) in [5, 5.41) is 15.5. The lowest BCUT2D eigenvalue weighted by Gasteiger charge is -2.05. The molecule has 0 bridgehead atoms. The zero-order valence-electron chi connectivity index (χ0n) is 11.5. The summed E-state index contributed by atoms with van der Waals surface area (Å²) in [4.78, 5) is 15.0. The van der Waals surface area contributed by atoms with E-state index in [4.69, 9.17) is 5.73 Å². The highest BCUT2D eigenvalue weighted by Gasteiger charge is 2.25. The highest BCUT2D eigenvalue weighted by atomic mass is 16.6. The molecule has 106 valence electrons. The molecule has 0 spiro atoms. The summed E-state index contributed by atoms with van der Waals surface area (Å²) in [6.45, 7) is 4.12. The smallest absolute Gasteiger partial charge is 0.313 e. The van der Waals surface area contributed by atoms with Gasteiger partial charge in [0.05, 0.1) is 17.2 Å². The van der Waals surface area contributed by atoms with Gasteiger partial charge in [0.1, 0.15) is 17.2 Å². The molecule has 20 heavy (non-hydrogen) atoms. The Labute approximate surface area is 116 Å². The van der Waals surface area contributed by atoms with Gasteiger partial charge in [0, 0.05) is 0 Å². The van der Waals surface area contributed by atoms with Gasteiger partial charge in [-0.25, -0.2) is 4.98 Å². The van der Waals surface area contributed by atoms with Crippen molar-refractivity contribution in [3.05, 3.63) is 45.4 Å². The maximum atomic E-state index is 11.2. The third kappa shape index (κ3) is 2.61. The van der Waals surface area contributed by atoms with Gasteiger partial charge in [-0.15, -0.1) is 0 Å². The van der Waals surface area contributed by atoms with Gasteiger partial charge in [-0.2, -0.15) is 5.10 Å². The van der Waals surface area contributed by atoms with E-state index < -0.39 is 0 Å². The van der Waals surface area contributed by atoms with Crippen LogP contribution >= 0.6 is 0 Å². The van der Waals surface area contributed by atoms with Crippen LogP contribution in [0.15, 0.2) is 18.2 Å². The maximum absolute atomic E-state index is 11.2. The molecular weight excluding hydrogens is 258 g/mol. The average molecular weight is 275 g/mol. The predicted molar refractivity (Wildman–Crippen MR) is 75.4 cm³/mol. The molecule has 0 aromatic carbocycles. The number of nitrogens with two attached hydrogens (primary N) is 1. The number of rotatable bonds is 5. The van der Waals surface area contributed by atoms with Crippen LogP contribution in [0.5, 0.6) is 0 Å². The Bertz CT molecular complexity index is 636. The van der Waals surface area contributed by atoms with Crippen molar-refractivity contribution >= 4 is 11.5 Å². The van der Waals surface area contributed by atoms with Crippen molar-refractivity contribution in [2.45, 2.75) is 33.2 Å². The van der Waals surface area contributed by atoms with Crippen LogP contribution in [0.3, 0.4) is 0 Å². The van der Waals surface area contributed by atoms with Crippen molar-refractivity contribution in [3.63, 3.8) is 0 Å².